The van der Waals surface area contributed by atoms with Gasteiger partial charge in [0.1, 0.15) is 0 Å². The van der Waals surface area contributed by atoms with E-state index in [0.29, 0.717) is 12.5 Å². The molecule has 0 aromatic carbocycles. The van der Waals surface area contributed by atoms with Crippen LogP contribution >= 0.6 is 11.3 Å². The molecule has 0 radical (unpaired) electrons. The minimum Gasteiger partial charge on any atom is -0.357 e. The second-order valence-electron chi connectivity index (χ2n) is 5.92. The highest BCUT2D eigenvalue weighted by molar-refractivity contribution is 7.92. The number of aromatic nitrogens is 1. The standard InChI is InChI=1S/C14H26N4O2S2/c1-7-15-13(16-10-14(3,4)22(6,19)20)18(5)8-12-9-21-11(2)17-12/h9H,7-8,10H2,1-6H3,(H,15,16). The molecule has 0 aliphatic rings. The van der Waals surface area contributed by atoms with Crippen molar-refractivity contribution < 1.29 is 8.42 Å². The molecule has 0 fully saturated rings. The minimum atomic E-state index is -3.16. The molecule has 0 aliphatic carbocycles. The lowest BCUT2D eigenvalue weighted by atomic mass is 10.2. The first-order chi connectivity index (χ1) is 10.1. The van der Waals surface area contributed by atoms with Crippen molar-refractivity contribution in [3.05, 3.63) is 16.1 Å². The van der Waals surface area contributed by atoms with Crippen LogP contribution in [0.25, 0.3) is 0 Å². The molecule has 0 unspecified atom stereocenters. The van der Waals surface area contributed by atoms with Crippen LogP contribution in [0.3, 0.4) is 0 Å². The van der Waals surface area contributed by atoms with Gasteiger partial charge in [-0.05, 0) is 27.7 Å². The molecule has 6 nitrogen and oxygen atoms in total. The predicted octanol–water partition coefficient (Wildman–Crippen LogP) is 1.67. The fraction of sp³-hybridized carbons (Fsp3) is 0.714. The Hall–Kier alpha value is -1.15. The molecule has 0 amide bonds. The van der Waals surface area contributed by atoms with Gasteiger partial charge >= 0.3 is 0 Å². The van der Waals surface area contributed by atoms with Gasteiger partial charge in [0.05, 0.1) is 28.5 Å². The molecule has 0 bridgehead atoms. The van der Waals surface area contributed by atoms with Crippen molar-refractivity contribution in [1.29, 1.82) is 0 Å². The quantitative estimate of drug-likeness (QED) is 0.626. The van der Waals surface area contributed by atoms with Crippen LogP contribution in [-0.4, -0.2) is 55.4 Å². The Balaban J connectivity index is 2.85. The Bertz CT molecular complexity index is 621. The molecular formula is C14H26N4O2S2. The van der Waals surface area contributed by atoms with Crippen molar-refractivity contribution in [3.63, 3.8) is 0 Å². The van der Waals surface area contributed by atoms with Gasteiger partial charge in [-0.3, -0.25) is 4.99 Å². The zero-order valence-electron chi connectivity index (χ0n) is 14.2. The fourth-order valence-corrected chi connectivity index (χ4v) is 2.55. The highest BCUT2D eigenvalue weighted by atomic mass is 32.2. The zero-order valence-corrected chi connectivity index (χ0v) is 15.8. The Morgan fingerprint density at radius 2 is 2.14 bits per heavy atom. The Morgan fingerprint density at radius 1 is 1.50 bits per heavy atom. The maximum atomic E-state index is 11.8. The molecular weight excluding hydrogens is 320 g/mol. The number of aliphatic imine (C=N–C) groups is 1. The van der Waals surface area contributed by atoms with E-state index in [-0.39, 0.29) is 6.54 Å². The third-order valence-corrected chi connectivity index (χ3v) is 6.33. The van der Waals surface area contributed by atoms with E-state index in [1.807, 2.05) is 31.2 Å². The third kappa shape index (κ3) is 5.24. The number of thiazole rings is 1. The summed E-state index contributed by atoms with van der Waals surface area (Å²) in [5.74, 6) is 0.685. The summed E-state index contributed by atoms with van der Waals surface area (Å²) in [6.45, 7) is 8.92. The van der Waals surface area contributed by atoms with E-state index in [9.17, 15) is 8.42 Å². The maximum absolute atomic E-state index is 11.8. The van der Waals surface area contributed by atoms with E-state index in [1.54, 1.807) is 25.2 Å². The van der Waals surface area contributed by atoms with Crippen molar-refractivity contribution in [1.82, 2.24) is 15.2 Å². The van der Waals surface area contributed by atoms with Gasteiger partial charge < -0.3 is 10.2 Å². The topological polar surface area (TPSA) is 74.7 Å². The summed E-state index contributed by atoms with van der Waals surface area (Å²) in [5.41, 5.74) is 0.984. The molecule has 8 heteroatoms. The first kappa shape index (κ1) is 18.9. The summed E-state index contributed by atoms with van der Waals surface area (Å²) in [6, 6.07) is 0. The summed E-state index contributed by atoms with van der Waals surface area (Å²) in [5, 5.41) is 6.24. The first-order valence-corrected chi connectivity index (χ1v) is 9.94. The SMILES string of the molecule is CCNC(=NCC(C)(C)S(C)(=O)=O)N(C)Cc1csc(C)n1. The van der Waals surface area contributed by atoms with Crippen LogP contribution in [-0.2, 0) is 16.4 Å². The van der Waals surface area contributed by atoms with Gasteiger partial charge in [-0.1, -0.05) is 0 Å². The van der Waals surface area contributed by atoms with Crippen molar-refractivity contribution in [2.75, 3.05) is 26.4 Å². The largest absolute Gasteiger partial charge is 0.357 e. The van der Waals surface area contributed by atoms with Gasteiger partial charge in [0.25, 0.3) is 0 Å². The Kier molecular flexibility index (Phi) is 6.37. The maximum Gasteiger partial charge on any atom is 0.194 e. The molecule has 1 N–H and O–H groups in total. The number of aryl methyl sites for hydroxylation is 1. The van der Waals surface area contributed by atoms with E-state index < -0.39 is 14.6 Å². The molecule has 1 heterocycles. The second kappa shape index (κ2) is 7.41. The lowest BCUT2D eigenvalue weighted by Gasteiger charge is -2.24. The smallest absolute Gasteiger partial charge is 0.194 e. The highest BCUT2D eigenvalue weighted by Gasteiger charge is 2.30. The molecule has 0 saturated heterocycles. The molecule has 0 spiro atoms. The van der Waals surface area contributed by atoms with E-state index >= 15 is 0 Å². The molecule has 1 aromatic rings. The van der Waals surface area contributed by atoms with Crippen LogP contribution in [0.1, 0.15) is 31.5 Å². The van der Waals surface area contributed by atoms with Crippen molar-refractivity contribution in [3.8, 4) is 0 Å². The second-order valence-corrected chi connectivity index (χ2v) is 9.63. The van der Waals surface area contributed by atoms with Gasteiger partial charge in [0.15, 0.2) is 15.8 Å². The van der Waals surface area contributed by atoms with Crippen LogP contribution in [0.15, 0.2) is 10.4 Å². The monoisotopic (exact) mass is 346 g/mol. The van der Waals surface area contributed by atoms with Gasteiger partial charge in [0.2, 0.25) is 0 Å². The number of rotatable bonds is 6. The summed E-state index contributed by atoms with van der Waals surface area (Å²) < 4.78 is 22.7. The highest BCUT2D eigenvalue weighted by Crippen LogP contribution is 2.16. The van der Waals surface area contributed by atoms with Crippen molar-refractivity contribution in [2.24, 2.45) is 4.99 Å². The minimum absolute atomic E-state index is 0.217. The van der Waals surface area contributed by atoms with E-state index in [0.717, 1.165) is 17.2 Å². The Morgan fingerprint density at radius 3 is 2.59 bits per heavy atom. The van der Waals surface area contributed by atoms with Crippen molar-refractivity contribution in [2.45, 2.75) is 39.0 Å². The normalized spacial score (nSPS) is 13.3. The third-order valence-electron chi connectivity index (χ3n) is 3.38. The number of hydrogen-bond donors (Lipinski definition) is 1. The lowest BCUT2D eigenvalue weighted by Crippen LogP contribution is -2.41. The molecule has 1 rings (SSSR count). The molecule has 0 atom stereocenters. The lowest BCUT2D eigenvalue weighted by molar-refractivity contribution is 0.468. The summed E-state index contributed by atoms with van der Waals surface area (Å²) in [6.07, 6.45) is 1.25. The molecule has 1 aromatic heterocycles. The fourth-order valence-electron chi connectivity index (χ4n) is 1.65. The van der Waals surface area contributed by atoms with E-state index in [1.165, 1.54) is 6.26 Å². The number of nitrogens with zero attached hydrogens (tertiary/aromatic N) is 3. The summed E-state index contributed by atoms with van der Waals surface area (Å²) in [4.78, 5) is 10.9. The Labute approximate surface area is 137 Å². The van der Waals surface area contributed by atoms with Crippen LogP contribution < -0.4 is 5.32 Å². The predicted molar refractivity (Wildman–Crippen MR) is 93.2 cm³/mol. The number of hydrogen-bond acceptors (Lipinski definition) is 5. The molecule has 0 saturated carbocycles. The van der Waals surface area contributed by atoms with E-state index in [4.69, 9.17) is 0 Å². The van der Waals surface area contributed by atoms with Gasteiger partial charge in [-0.2, -0.15) is 0 Å². The number of guanidine groups is 1. The molecule has 22 heavy (non-hydrogen) atoms. The van der Waals surface area contributed by atoms with Crippen molar-refractivity contribution >= 4 is 27.1 Å². The average Bonchev–Trinajstić information content (AvgIpc) is 2.78. The number of sulfone groups is 1. The van der Waals surface area contributed by atoms with Gasteiger partial charge in [-0.25, -0.2) is 13.4 Å². The van der Waals surface area contributed by atoms with Crippen LogP contribution in [0.2, 0.25) is 0 Å². The van der Waals surface area contributed by atoms with Gasteiger partial charge in [-0.15, -0.1) is 11.3 Å². The average molecular weight is 347 g/mol. The first-order valence-electron chi connectivity index (χ1n) is 7.17. The van der Waals surface area contributed by atoms with Crippen LogP contribution in [0.4, 0.5) is 0 Å². The van der Waals surface area contributed by atoms with Crippen LogP contribution in [0, 0.1) is 6.92 Å². The summed E-state index contributed by atoms with van der Waals surface area (Å²) in [7, 11) is -1.24. The number of nitrogens with one attached hydrogen (secondary N) is 1. The van der Waals surface area contributed by atoms with E-state index in [2.05, 4.69) is 15.3 Å². The van der Waals surface area contributed by atoms with Gasteiger partial charge in [0, 0.05) is 25.2 Å². The summed E-state index contributed by atoms with van der Waals surface area (Å²) >= 11 is 1.62. The van der Waals surface area contributed by atoms with Crippen LogP contribution in [0.5, 0.6) is 0 Å². The zero-order chi connectivity index (χ0) is 17.0. The molecule has 0 aliphatic heterocycles. The molecule has 126 valence electrons.